The van der Waals surface area contributed by atoms with Crippen molar-refractivity contribution in [2.45, 2.75) is 64.6 Å². The average molecular weight is 549 g/mol. The molecule has 0 aromatic heterocycles. The van der Waals surface area contributed by atoms with E-state index in [0.29, 0.717) is 5.56 Å². The van der Waals surface area contributed by atoms with Crippen molar-refractivity contribution in [3.05, 3.63) is 29.8 Å². The fourth-order valence-electron chi connectivity index (χ4n) is 5.00. The van der Waals surface area contributed by atoms with E-state index < -0.39 is 42.0 Å². The molecule has 1 aliphatic rings. The number of hydrogen-bond donors (Lipinski definition) is 6. The summed E-state index contributed by atoms with van der Waals surface area (Å²) in [4.78, 5) is 41.0. The summed E-state index contributed by atoms with van der Waals surface area (Å²) in [5, 5.41) is 32.9. The van der Waals surface area contributed by atoms with Gasteiger partial charge in [0.1, 0.15) is 0 Å². The minimum atomic E-state index is -1.13. The number of aliphatic imine (C=N–C) groups is 1. The van der Waals surface area contributed by atoms with Gasteiger partial charge in [-0.15, -0.1) is 0 Å². The summed E-state index contributed by atoms with van der Waals surface area (Å²) < 4.78 is 10.4. The number of benzene rings is 1. The van der Waals surface area contributed by atoms with Crippen LogP contribution in [0.2, 0.25) is 0 Å². The van der Waals surface area contributed by atoms with Gasteiger partial charge in [-0.3, -0.25) is 9.59 Å². The first-order chi connectivity index (χ1) is 18.5. The Balaban J connectivity index is 1.93. The lowest BCUT2D eigenvalue weighted by atomic mass is 9.80. The monoisotopic (exact) mass is 548 g/mol. The van der Waals surface area contributed by atoms with E-state index >= 15 is 0 Å². The van der Waals surface area contributed by atoms with E-state index in [1.54, 1.807) is 0 Å². The van der Waals surface area contributed by atoms with Crippen molar-refractivity contribution in [1.29, 1.82) is 0 Å². The number of phenolic OH excluding ortho intramolecular Hbond substituents is 2. The summed E-state index contributed by atoms with van der Waals surface area (Å²) in [6.07, 6.45) is 3.34. The summed E-state index contributed by atoms with van der Waals surface area (Å²) in [6, 6.07) is 3.09. The Kier molecular flexibility index (Phi) is 12.1. The quantitative estimate of drug-likeness (QED) is 0.0518. The lowest BCUT2D eigenvalue weighted by molar-refractivity contribution is -0.152. The summed E-state index contributed by atoms with van der Waals surface area (Å²) in [5.74, 6) is -3.67. The van der Waals surface area contributed by atoms with E-state index in [9.17, 15) is 29.7 Å². The van der Waals surface area contributed by atoms with Crippen molar-refractivity contribution in [3.8, 4) is 11.5 Å². The highest BCUT2D eigenvalue weighted by Gasteiger charge is 2.51. The van der Waals surface area contributed by atoms with Crippen molar-refractivity contribution in [3.63, 3.8) is 0 Å². The van der Waals surface area contributed by atoms with Gasteiger partial charge >= 0.3 is 11.9 Å². The molecule has 0 heterocycles. The second kappa shape index (κ2) is 15.0. The number of aromatic hydroxyl groups is 2. The zero-order valence-corrected chi connectivity index (χ0v) is 22.6. The molecular formula is C27H40N4O8. The van der Waals surface area contributed by atoms with Gasteiger partial charge in [0.05, 0.1) is 31.3 Å². The molecule has 5 atom stereocenters. The number of carbonyl (C=O) groups is 3. The van der Waals surface area contributed by atoms with Crippen LogP contribution in [0, 0.1) is 17.8 Å². The maximum atomic E-state index is 12.9. The lowest BCUT2D eigenvalue weighted by Gasteiger charge is -2.35. The summed E-state index contributed by atoms with van der Waals surface area (Å²) in [7, 11) is 0. The molecule has 12 heteroatoms. The highest BCUT2D eigenvalue weighted by atomic mass is 16.5. The number of ether oxygens (including phenoxy) is 2. The van der Waals surface area contributed by atoms with Gasteiger partial charge in [-0.05, 0) is 36.1 Å². The van der Waals surface area contributed by atoms with E-state index in [0.717, 1.165) is 12.8 Å². The van der Waals surface area contributed by atoms with Crippen molar-refractivity contribution in [2.75, 3.05) is 13.2 Å². The molecule has 12 nitrogen and oxygen atoms in total. The number of nitrogens with two attached hydrogens (primary N) is 2. The van der Waals surface area contributed by atoms with Crippen LogP contribution in [0.5, 0.6) is 11.5 Å². The lowest BCUT2D eigenvalue weighted by Crippen LogP contribution is -2.51. The van der Waals surface area contributed by atoms with E-state index in [-0.39, 0.29) is 55.3 Å². The summed E-state index contributed by atoms with van der Waals surface area (Å²) in [5.41, 5.74) is 11.7. The highest BCUT2D eigenvalue weighted by Crippen LogP contribution is 2.40. The number of nitrogens with one attached hydrogen (secondary N) is 1. The molecule has 0 saturated heterocycles. The van der Waals surface area contributed by atoms with Crippen LogP contribution in [-0.4, -0.2) is 70.5 Å². The van der Waals surface area contributed by atoms with Gasteiger partial charge in [0.2, 0.25) is 5.91 Å². The molecule has 0 aliphatic heterocycles. The smallest absolute Gasteiger partial charge is 0.330 e. The first kappa shape index (κ1) is 31.4. The number of hydrogen-bond acceptors (Lipinski definition) is 9. The molecule has 8 N–H and O–H groups in total. The second-order valence-corrected chi connectivity index (χ2v) is 9.60. The number of esters is 2. The largest absolute Gasteiger partial charge is 0.504 e. The number of amides is 1. The molecule has 5 unspecified atom stereocenters. The van der Waals surface area contributed by atoms with E-state index in [1.165, 1.54) is 37.3 Å². The van der Waals surface area contributed by atoms with Gasteiger partial charge in [-0.25, -0.2) is 9.79 Å². The maximum Gasteiger partial charge on any atom is 0.330 e. The SMILES string of the molecule is CCC(CC)C(NC(C)=O)C1C(N=C(N)N)CC(C(=O)OCCCOC(=O)C=Cc2ccc(O)c(O)c2)C1O. The van der Waals surface area contributed by atoms with Crippen LogP contribution in [0.1, 0.15) is 52.0 Å². The minimum absolute atomic E-state index is 0.0109. The second-order valence-electron chi connectivity index (χ2n) is 9.60. The minimum Gasteiger partial charge on any atom is -0.504 e. The molecule has 1 saturated carbocycles. The van der Waals surface area contributed by atoms with E-state index in [1.807, 2.05) is 13.8 Å². The molecule has 2 rings (SSSR count). The molecule has 1 aromatic rings. The van der Waals surface area contributed by atoms with E-state index in [4.69, 9.17) is 20.9 Å². The predicted molar refractivity (Wildman–Crippen MR) is 144 cm³/mol. The number of aliphatic hydroxyl groups excluding tert-OH is 1. The zero-order valence-electron chi connectivity index (χ0n) is 22.6. The first-order valence-electron chi connectivity index (χ1n) is 13.1. The van der Waals surface area contributed by atoms with Crippen molar-refractivity contribution >= 4 is 29.9 Å². The van der Waals surface area contributed by atoms with Crippen LogP contribution < -0.4 is 16.8 Å². The molecule has 216 valence electrons. The third kappa shape index (κ3) is 9.17. The first-order valence-corrected chi connectivity index (χ1v) is 13.1. The third-order valence-corrected chi connectivity index (χ3v) is 6.89. The Bertz CT molecular complexity index is 1050. The number of carbonyl (C=O) groups excluding carboxylic acids is 3. The van der Waals surface area contributed by atoms with Gasteiger partial charge in [0.15, 0.2) is 17.5 Å². The highest BCUT2D eigenvalue weighted by molar-refractivity contribution is 5.87. The molecular weight excluding hydrogens is 508 g/mol. The standard InChI is InChI=1S/C27H40N4O8/c1-4-17(5-2)24(30-15(3)32)23-19(31-27(28)29)14-18(25(23)36)26(37)39-12-6-11-38-22(35)10-8-16-7-9-20(33)21(34)13-16/h7-10,13,17-19,23-25,33-34,36H,4-6,11-12,14H2,1-3H3,(H,30,32)(H4,28,29,31). The number of rotatable bonds is 13. The van der Waals surface area contributed by atoms with Gasteiger partial charge in [-0.1, -0.05) is 32.8 Å². The Morgan fingerprint density at radius 3 is 2.38 bits per heavy atom. The molecule has 1 amide bonds. The van der Waals surface area contributed by atoms with Gasteiger partial charge in [0, 0.05) is 31.4 Å². The number of guanidine groups is 1. The Hall–Kier alpha value is -3.80. The van der Waals surface area contributed by atoms with E-state index in [2.05, 4.69) is 10.3 Å². The van der Waals surface area contributed by atoms with Crippen LogP contribution >= 0.6 is 0 Å². The Morgan fingerprint density at radius 1 is 1.13 bits per heavy atom. The van der Waals surface area contributed by atoms with Gasteiger partial charge in [0.25, 0.3) is 0 Å². The third-order valence-electron chi connectivity index (χ3n) is 6.89. The van der Waals surface area contributed by atoms with Crippen molar-refractivity contribution in [1.82, 2.24) is 5.32 Å². The normalized spacial score (nSPS) is 21.5. The van der Waals surface area contributed by atoms with Crippen LogP contribution in [0.3, 0.4) is 0 Å². The van der Waals surface area contributed by atoms with Crippen LogP contribution in [-0.2, 0) is 23.9 Å². The fraction of sp³-hybridized carbons (Fsp3) is 0.556. The number of phenols is 2. The molecule has 0 bridgehead atoms. The predicted octanol–water partition coefficient (Wildman–Crippen LogP) is 1.17. The van der Waals surface area contributed by atoms with Gasteiger partial charge < -0.3 is 41.6 Å². The van der Waals surface area contributed by atoms with Gasteiger partial charge in [-0.2, -0.15) is 0 Å². The van der Waals surface area contributed by atoms with Crippen molar-refractivity contribution in [2.24, 2.45) is 34.2 Å². The Morgan fingerprint density at radius 2 is 1.79 bits per heavy atom. The van der Waals surface area contributed by atoms with Crippen LogP contribution in [0.25, 0.3) is 6.08 Å². The molecule has 1 aliphatic carbocycles. The van der Waals surface area contributed by atoms with Crippen LogP contribution in [0.15, 0.2) is 29.3 Å². The Labute approximate surface area is 228 Å². The fourth-order valence-corrected chi connectivity index (χ4v) is 5.00. The molecule has 0 radical (unpaired) electrons. The van der Waals surface area contributed by atoms with Crippen LogP contribution in [0.4, 0.5) is 0 Å². The molecule has 1 fully saturated rings. The maximum absolute atomic E-state index is 12.9. The van der Waals surface area contributed by atoms with Crippen molar-refractivity contribution < 1.29 is 39.2 Å². The molecule has 0 spiro atoms. The topological polar surface area (TPSA) is 207 Å². The summed E-state index contributed by atoms with van der Waals surface area (Å²) >= 11 is 0. The number of aliphatic hydroxyl groups is 1. The molecule has 1 aromatic carbocycles. The zero-order chi connectivity index (χ0) is 29.1. The average Bonchev–Trinajstić information content (AvgIpc) is 3.18. The number of nitrogens with zero attached hydrogens (tertiary/aromatic N) is 1. The molecule has 39 heavy (non-hydrogen) atoms. The summed E-state index contributed by atoms with van der Waals surface area (Å²) in [6.45, 7) is 5.34.